The van der Waals surface area contributed by atoms with Gasteiger partial charge in [-0.1, -0.05) is 72.3 Å². The van der Waals surface area contributed by atoms with Gasteiger partial charge < -0.3 is 9.80 Å². The molecule has 0 radical (unpaired) electrons. The molecule has 1 saturated heterocycles. The average molecular weight is 483 g/mol. The number of anilines is 1. The number of carbonyl (C=O) groups is 1. The molecular weight excluding hydrogens is 460 g/mol. The Morgan fingerprint density at radius 2 is 1.57 bits per heavy atom. The number of fused-ring (bicyclic) bond motifs is 3. The molecule has 1 aliphatic heterocycles. The number of halogens is 1. The van der Waals surface area contributed by atoms with E-state index in [2.05, 4.69) is 15.1 Å². The summed E-state index contributed by atoms with van der Waals surface area (Å²) in [5.74, 6) is 1.64. The van der Waals surface area contributed by atoms with Crippen LogP contribution in [0.4, 0.5) is 5.95 Å². The molecule has 35 heavy (non-hydrogen) atoms. The van der Waals surface area contributed by atoms with Crippen LogP contribution in [0.1, 0.15) is 5.56 Å². The summed E-state index contributed by atoms with van der Waals surface area (Å²) in [7, 11) is 0. The summed E-state index contributed by atoms with van der Waals surface area (Å²) in [4.78, 5) is 22.0. The lowest BCUT2D eigenvalue weighted by Gasteiger charge is -2.35. The molecule has 1 amide bonds. The number of rotatable bonds is 4. The molecule has 1 aliphatic rings. The van der Waals surface area contributed by atoms with Crippen LogP contribution in [0.15, 0.2) is 78.9 Å². The normalized spacial score (nSPS) is 14.1. The summed E-state index contributed by atoms with van der Waals surface area (Å²) in [6.07, 6.45) is 0.418. The number of piperazine rings is 1. The number of hydrogen-bond acceptors (Lipinski definition) is 5. The lowest BCUT2D eigenvalue weighted by molar-refractivity contribution is -0.130. The van der Waals surface area contributed by atoms with Crippen LogP contribution in [0.2, 0.25) is 5.02 Å². The molecule has 0 N–H and O–H groups in total. The van der Waals surface area contributed by atoms with Gasteiger partial charge in [0.15, 0.2) is 11.5 Å². The number of benzene rings is 3. The molecule has 0 saturated carbocycles. The van der Waals surface area contributed by atoms with Gasteiger partial charge in [-0.25, -0.2) is 9.38 Å². The van der Waals surface area contributed by atoms with Crippen molar-refractivity contribution in [3.05, 3.63) is 89.4 Å². The molecule has 0 unspecified atom stereocenters. The van der Waals surface area contributed by atoms with Gasteiger partial charge >= 0.3 is 0 Å². The number of aromatic nitrogens is 4. The van der Waals surface area contributed by atoms with E-state index in [1.54, 1.807) is 0 Å². The second kappa shape index (κ2) is 9.00. The topological polar surface area (TPSA) is 66.6 Å². The Hall–Kier alpha value is -3.97. The summed E-state index contributed by atoms with van der Waals surface area (Å²) >= 11 is 6.29. The van der Waals surface area contributed by atoms with Gasteiger partial charge in [0.2, 0.25) is 11.9 Å². The van der Waals surface area contributed by atoms with Gasteiger partial charge in [-0.2, -0.15) is 0 Å². The SMILES string of the molecule is O=C(Cc1ccccc1)N1CCN(c2nc3cc(Cl)ccc3c3nnc(-c4ccccc4)n23)CC1. The lowest BCUT2D eigenvalue weighted by Crippen LogP contribution is -2.50. The maximum atomic E-state index is 12.9. The zero-order valence-corrected chi connectivity index (χ0v) is 19.8. The highest BCUT2D eigenvalue weighted by molar-refractivity contribution is 6.31. The Bertz CT molecular complexity index is 1510. The van der Waals surface area contributed by atoms with E-state index in [9.17, 15) is 4.79 Å². The van der Waals surface area contributed by atoms with Crippen LogP contribution < -0.4 is 4.90 Å². The Labute approximate surface area is 207 Å². The standard InChI is InChI=1S/C27H23ClN6O/c28-21-11-12-22-23(18-21)29-27(34-25(30-31-26(22)34)20-9-5-2-6-10-20)33-15-13-32(14-16-33)24(35)17-19-7-3-1-4-8-19/h1-12,18H,13-17H2. The van der Waals surface area contributed by atoms with Crippen molar-refractivity contribution in [2.45, 2.75) is 6.42 Å². The number of carbonyl (C=O) groups excluding carboxylic acids is 1. The summed E-state index contributed by atoms with van der Waals surface area (Å²) in [6, 6.07) is 25.5. The van der Waals surface area contributed by atoms with Gasteiger partial charge in [0.1, 0.15) is 0 Å². The predicted octanol–water partition coefficient (Wildman–Crippen LogP) is 4.49. The molecule has 1 fully saturated rings. The minimum Gasteiger partial charge on any atom is -0.339 e. The van der Waals surface area contributed by atoms with Crippen molar-refractivity contribution in [1.29, 1.82) is 0 Å². The summed E-state index contributed by atoms with van der Waals surface area (Å²) in [5, 5.41) is 10.6. The molecule has 0 atom stereocenters. The Morgan fingerprint density at radius 1 is 0.857 bits per heavy atom. The quantitative estimate of drug-likeness (QED) is 0.377. The van der Waals surface area contributed by atoms with Crippen LogP contribution in [0.25, 0.3) is 27.9 Å². The first-order chi connectivity index (χ1) is 17.2. The zero-order chi connectivity index (χ0) is 23.8. The summed E-state index contributed by atoms with van der Waals surface area (Å²) in [5.41, 5.74) is 3.51. The van der Waals surface area contributed by atoms with E-state index in [0.717, 1.165) is 39.4 Å². The maximum Gasteiger partial charge on any atom is 0.227 e. The van der Waals surface area contributed by atoms with E-state index in [-0.39, 0.29) is 5.91 Å². The molecule has 3 aromatic carbocycles. The highest BCUT2D eigenvalue weighted by Gasteiger charge is 2.26. The van der Waals surface area contributed by atoms with Gasteiger partial charge in [-0.15, -0.1) is 10.2 Å². The largest absolute Gasteiger partial charge is 0.339 e. The van der Waals surface area contributed by atoms with Crippen LogP contribution in [-0.2, 0) is 11.2 Å². The van der Waals surface area contributed by atoms with Crippen LogP contribution in [0.3, 0.4) is 0 Å². The highest BCUT2D eigenvalue weighted by atomic mass is 35.5. The van der Waals surface area contributed by atoms with Crippen molar-refractivity contribution < 1.29 is 4.79 Å². The molecule has 8 heteroatoms. The van der Waals surface area contributed by atoms with Crippen molar-refractivity contribution in [3.8, 4) is 11.4 Å². The molecule has 7 nitrogen and oxygen atoms in total. The van der Waals surface area contributed by atoms with Crippen molar-refractivity contribution >= 4 is 40.0 Å². The molecule has 174 valence electrons. The van der Waals surface area contributed by atoms with Gasteiger partial charge in [0, 0.05) is 42.2 Å². The van der Waals surface area contributed by atoms with E-state index in [4.69, 9.17) is 16.6 Å². The van der Waals surface area contributed by atoms with Gasteiger partial charge in [0.05, 0.1) is 11.9 Å². The maximum absolute atomic E-state index is 12.9. The number of nitrogens with zero attached hydrogens (tertiary/aromatic N) is 6. The van der Waals surface area contributed by atoms with Gasteiger partial charge in [-0.05, 0) is 23.8 Å². The molecule has 5 aromatic rings. The third kappa shape index (κ3) is 4.08. The van der Waals surface area contributed by atoms with E-state index in [1.165, 1.54) is 0 Å². The number of amides is 1. The molecular formula is C27H23ClN6O. The molecule has 3 heterocycles. The molecule has 2 aromatic heterocycles. The first-order valence-electron chi connectivity index (χ1n) is 11.6. The molecule has 0 aliphatic carbocycles. The lowest BCUT2D eigenvalue weighted by atomic mass is 10.1. The Morgan fingerprint density at radius 3 is 2.31 bits per heavy atom. The third-order valence-electron chi connectivity index (χ3n) is 6.43. The zero-order valence-electron chi connectivity index (χ0n) is 19.0. The average Bonchev–Trinajstić information content (AvgIpc) is 3.35. The first-order valence-corrected chi connectivity index (χ1v) is 12.0. The Kier molecular flexibility index (Phi) is 5.54. The van der Waals surface area contributed by atoms with Crippen LogP contribution in [-0.4, -0.2) is 56.6 Å². The fraction of sp³-hybridized carbons (Fsp3) is 0.185. The second-order valence-electron chi connectivity index (χ2n) is 8.65. The Balaban J connectivity index is 1.35. The van der Waals surface area contributed by atoms with Crippen molar-refractivity contribution in [1.82, 2.24) is 24.5 Å². The highest BCUT2D eigenvalue weighted by Crippen LogP contribution is 2.30. The van der Waals surface area contributed by atoms with Gasteiger partial charge in [-0.3, -0.25) is 4.79 Å². The van der Waals surface area contributed by atoms with E-state index in [0.29, 0.717) is 37.6 Å². The molecule has 6 rings (SSSR count). The van der Waals surface area contributed by atoms with Crippen LogP contribution in [0, 0.1) is 0 Å². The van der Waals surface area contributed by atoms with Crippen LogP contribution in [0.5, 0.6) is 0 Å². The molecule has 0 bridgehead atoms. The van der Waals surface area contributed by atoms with Crippen molar-refractivity contribution in [2.75, 3.05) is 31.1 Å². The minimum atomic E-state index is 0.147. The van der Waals surface area contributed by atoms with E-state index >= 15 is 0 Å². The van der Waals surface area contributed by atoms with Crippen LogP contribution >= 0.6 is 11.6 Å². The fourth-order valence-corrected chi connectivity index (χ4v) is 4.78. The first kappa shape index (κ1) is 21.6. The van der Waals surface area contributed by atoms with Crippen molar-refractivity contribution in [3.63, 3.8) is 0 Å². The van der Waals surface area contributed by atoms with Crippen molar-refractivity contribution in [2.24, 2.45) is 0 Å². The second-order valence-corrected chi connectivity index (χ2v) is 9.09. The smallest absolute Gasteiger partial charge is 0.227 e. The van der Waals surface area contributed by atoms with Gasteiger partial charge in [0.25, 0.3) is 0 Å². The summed E-state index contributed by atoms with van der Waals surface area (Å²) in [6.45, 7) is 2.60. The van der Waals surface area contributed by atoms with E-state index < -0.39 is 0 Å². The number of hydrogen-bond donors (Lipinski definition) is 0. The fourth-order valence-electron chi connectivity index (χ4n) is 4.62. The third-order valence-corrected chi connectivity index (χ3v) is 6.66. The van der Waals surface area contributed by atoms with E-state index in [1.807, 2.05) is 88.2 Å². The minimum absolute atomic E-state index is 0.147. The summed E-state index contributed by atoms with van der Waals surface area (Å²) < 4.78 is 2.02. The monoisotopic (exact) mass is 482 g/mol. The molecule has 0 spiro atoms. The predicted molar refractivity (Wildman–Crippen MR) is 138 cm³/mol.